The van der Waals surface area contributed by atoms with Gasteiger partial charge in [0.1, 0.15) is 6.61 Å². The number of rotatable bonds is 4. The highest BCUT2D eigenvalue weighted by Gasteiger charge is 1.99. The van der Waals surface area contributed by atoms with E-state index in [4.69, 9.17) is 5.11 Å². The maximum Gasteiger partial charge on any atom is 0.208 e. The summed E-state index contributed by atoms with van der Waals surface area (Å²) in [4.78, 5) is 3.96. The second-order valence-corrected chi connectivity index (χ2v) is 2.81. The number of aromatic amines is 1. The van der Waals surface area contributed by atoms with Gasteiger partial charge < -0.3 is 5.11 Å². The van der Waals surface area contributed by atoms with Crippen molar-refractivity contribution in [2.24, 2.45) is 0 Å². The Morgan fingerprint density at radius 1 is 1.73 bits per heavy atom. The van der Waals surface area contributed by atoms with Crippen LogP contribution < -0.4 is 0 Å². The van der Waals surface area contributed by atoms with Crippen LogP contribution >= 0.6 is 11.8 Å². The molecular weight excluding hydrogens is 162 g/mol. The lowest BCUT2D eigenvalue weighted by molar-refractivity contribution is 0.271. The minimum absolute atomic E-state index is 0.0956. The van der Waals surface area contributed by atoms with E-state index in [9.17, 15) is 0 Å². The van der Waals surface area contributed by atoms with Crippen LogP contribution in [0.2, 0.25) is 0 Å². The van der Waals surface area contributed by atoms with Crippen molar-refractivity contribution in [3.8, 4) is 0 Å². The highest BCUT2D eigenvalue weighted by molar-refractivity contribution is 7.99. The van der Waals surface area contributed by atoms with E-state index in [0.29, 0.717) is 11.0 Å². The van der Waals surface area contributed by atoms with Crippen molar-refractivity contribution in [1.29, 1.82) is 0 Å². The maximum atomic E-state index is 8.61. The molecule has 1 rings (SSSR count). The van der Waals surface area contributed by atoms with Gasteiger partial charge in [-0.1, -0.05) is 17.8 Å². The van der Waals surface area contributed by atoms with Crippen molar-refractivity contribution >= 4 is 11.8 Å². The molecule has 5 heteroatoms. The van der Waals surface area contributed by atoms with Gasteiger partial charge in [0.25, 0.3) is 0 Å². The summed E-state index contributed by atoms with van der Waals surface area (Å²) in [7, 11) is 0. The van der Waals surface area contributed by atoms with Gasteiger partial charge in [0.05, 0.1) is 0 Å². The average Bonchev–Trinajstić information content (AvgIpc) is 2.48. The van der Waals surface area contributed by atoms with E-state index in [2.05, 4.69) is 21.8 Å². The number of nitrogens with one attached hydrogen (secondary N) is 1. The Kier molecular flexibility index (Phi) is 3.13. The van der Waals surface area contributed by atoms with Crippen molar-refractivity contribution in [3.05, 3.63) is 18.5 Å². The van der Waals surface area contributed by atoms with Crippen LogP contribution in [-0.2, 0) is 6.61 Å². The summed E-state index contributed by atoms with van der Waals surface area (Å²) in [6, 6.07) is 0. The number of hydrogen-bond donors (Lipinski definition) is 2. The second-order valence-electron chi connectivity index (χ2n) is 1.82. The van der Waals surface area contributed by atoms with Crippen LogP contribution in [0.1, 0.15) is 5.82 Å². The Morgan fingerprint density at radius 2 is 2.55 bits per heavy atom. The van der Waals surface area contributed by atoms with Gasteiger partial charge in [-0.25, -0.2) is 4.98 Å². The Morgan fingerprint density at radius 3 is 3.09 bits per heavy atom. The molecule has 0 saturated carbocycles. The van der Waals surface area contributed by atoms with Gasteiger partial charge in [-0.15, -0.1) is 11.7 Å². The molecule has 0 aliphatic heterocycles. The molecule has 0 saturated heterocycles. The summed E-state index contributed by atoms with van der Waals surface area (Å²) >= 11 is 1.47. The van der Waals surface area contributed by atoms with E-state index in [1.54, 1.807) is 6.08 Å². The van der Waals surface area contributed by atoms with Crippen LogP contribution in [0, 0.1) is 0 Å². The molecule has 0 fully saturated rings. The summed E-state index contributed by atoms with van der Waals surface area (Å²) in [6.07, 6.45) is 1.78. The molecule has 0 aliphatic carbocycles. The average molecular weight is 171 g/mol. The number of aliphatic hydroxyl groups is 1. The number of hydrogen-bond acceptors (Lipinski definition) is 4. The fraction of sp³-hybridized carbons (Fsp3) is 0.333. The van der Waals surface area contributed by atoms with Gasteiger partial charge >= 0.3 is 0 Å². The summed E-state index contributed by atoms with van der Waals surface area (Å²) < 4.78 is 0. The summed E-state index contributed by atoms with van der Waals surface area (Å²) in [5, 5.41) is 15.7. The Labute approximate surface area is 68.7 Å². The SMILES string of the molecule is C=CCSc1n[nH]c(CO)n1. The van der Waals surface area contributed by atoms with Crippen LogP contribution in [0.3, 0.4) is 0 Å². The van der Waals surface area contributed by atoms with Crippen LogP contribution in [0.4, 0.5) is 0 Å². The molecule has 1 aromatic rings. The van der Waals surface area contributed by atoms with Crippen LogP contribution in [0.25, 0.3) is 0 Å². The molecule has 0 unspecified atom stereocenters. The summed E-state index contributed by atoms with van der Waals surface area (Å²) in [5.74, 6) is 1.28. The molecule has 0 spiro atoms. The number of nitrogens with zero attached hydrogens (tertiary/aromatic N) is 2. The summed E-state index contributed by atoms with van der Waals surface area (Å²) in [5.41, 5.74) is 0. The molecule has 1 aromatic heterocycles. The maximum absolute atomic E-state index is 8.61. The third-order valence-corrected chi connectivity index (χ3v) is 1.83. The van der Waals surface area contributed by atoms with Crippen molar-refractivity contribution < 1.29 is 5.11 Å². The lowest BCUT2D eigenvalue weighted by atomic mass is 10.7. The van der Waals surface area contributed by atoms with Crippen molar-refractivity contribution in [2.75, 3.05) is 5.75 Å². The fourth-order valence-electron chi connectivity index (χ4n) is 0.547. The standard InChI is InChI=1S/C6H9N3OS/c1-2-3-11-6-7-5(4-10)8-9-6/h2,10H,1,3-4H2,(H,7,8,9). The van der Waals surface area contributed by atoms with E-state index in [0.717, 1.165) is 5.75 Å². The zero-order valence-electron chi connectivity index (χ0n) is 5.95. The molecule has 0 atom stereocenters. The molecule has 0 bridgehead atoms. The molecular formula is C6H9N3OS. The Bertz CT molecular complexity index is 235. The van der Waals surface area contributed by atoms with Crippen molar-refractivity contribution in [3.63, 3.8) is 0 Å². The molecule has 2 N–H and O–H groups in total. The lowest BCUT2D eigenvalue weighted by Gasteiger charge is -1.85. The van der Waals surface area contributed by atoms with E-state index < -0.39 is 0 Å². The Hall–Kier alpha value is -0.810. The van der Waals surface area contributed by atoms with Gasteiger partial charge in [0, 0.05) is 5.75 Å². The smallest absolute Gasteiger partial charge is 0.208 e. The highest BCUT2D eigenvalue weighted by Crippen LogP contribution is 2.11. The zero-order valence-corrected chi connectivity index (χ0v) is 6.77. The quantitative estimate of drug-likeness (QED) is 0.513. The predicted octanol–water partition coefficient (Wildman–Crippen LogP) is 0.575. The first-order valence-electron chi connectivity index (χ1n) is 3.12. The minimum atomic E-state index is -0.0956. The molecule has 0 aromatic carbocycles. The molecule has 11 heavy (non-hydrogen) atoms. The number of H-pyrrole nitrogens is 1. The summed E-state index contributed by atoms with van der Waals surface area (Å²) in [6.45, 7) is 3.47. The first-order valence-corrected chi connectivity index (χ1v) is 4.11. The molecule has 4 nitrogen and oxygen atoms in total. The van der Waals surface area contributed by atoms with E-state index in [-0.39, 0.29) is 6.61 Å². The van der Waals surface area contributed by atoms with Crippen LogP contribution in [-0.4, -0.2) is 26.0 Å². The van der Waals surface area contributed by atoms with E-state index in [1.165, 1.54) is 11.8 Å². The number of thioether (sulfide) groups is 1. The van der Waals surface area contributed by atoms with Gasteiger partial charge in [0.15, 0.2) is 5.82 Å². The van der Waals surface area contributed by atoms with Gasteiger partial charge in [0.2, 0.25) is 5.16 Å². The van der Waals surface area contributed by atoms with Gasteiger partial charge in [-0.3, -0.25) is 5.10 Å². The van der Waals surface area contributed by atoms with Gasteiger partial charge in [-0.05, 0) is 0 Å². The normalized spacial score (nSPS) is 9.91. The second kappa shape index (κ2) is 4.15. The van der Waals surface area contributed by atoms with Crippen LogP contribution in [0.5, 0.6) is 0 Å². The predicted molar refractivity (Wildman–Crippen MR) is 43.2 cm³/mol. The fourth-order valence-corrected chi connectivity index (χ4v) is 1.10. The van der Waals surface area contributed by atoms with Crippen LogP contribution in [0.15, 0.2) is 17.8 Å². The number of aliphatic hydroxyl groups excluding tert-OH is 1. The van der Waals surface area contributed by atoms with Crippen molar-refractivity contribution in [1.82, 2.24) is 15.2 Å². The van der Waals surface area contributed by atoms with E-state index >= 15 is 0 Å². The molecule has 0 amide bonds. The monoisotopic (exact) mass is 171 g/mol. The number of aromatic nitrogens is 3. The first kappa shape index (κ1) is 8.29. The first-order chi connectivity index (χ1) is 5.36. The molecule has 0 radical (unpaired) electrons. The molecule has 60 valence electrons. The minimum Gasteiger partial charge on any atom is -0.388 e. The molecule has 1 heterocycles. The highest BCUT2D eigenvalue weighted by atomic mass is 32.2. The topological polar surface area (TPSA) is 61.8 Å². The zero-order chi connectivity index (χ0) is 8.10. The Balaban J connectivity index is 2.50. The van der Waals surface area contributed by atoms with E-state index in [1.807, 2.05) is 0 Å². The third-order valence-electron chi connectivity index (χ3n) is 0.991. The lowest BCUT2D eigenvalue weighted by Crippen LogP contribution is -1.84. The third kappa shape index (κ3) is 2.36. The largest absolute Gasteiger partial charge is 0.388 e. The van der Waals surface area contributed by atoms with Gasteiger partial charge in [-0.2, -0.15) is 0 Å². The molecule has 0 aliphatic rings. The van der Waals surface area contributed by atoms with Crippen molar-refractivity contribution in [2.45, 2.75) is 11.8 Å².